The van der Waals surface area contributed by atoms with E-state index in [1.807, 2.05) is 12.1 Å². The molecule has 0 bridgehead atoms. The number of amides is 1. The van der Waals surface area contributed by atoms with Crippen LogP contribution in [0.5, 0.6) is 11.8 Å². The maximum atomic E-state index is 12.7. The van der Waals surface area contributed by atoms with Crippen LogP contribution < -0.4 is 14.8 Å². The second-order valence-electron chi connectivity index (χ2n) is 9.26. The lowest BCUT2D eigenvalue weighted by Crippen LogP contribution is -2.44. The van der Waals surface area contributed by atoms with E-state index < -0.39 is 11.3 Å². The minimum Gasteiger partial charge on any atom is -0.444 e. The summed E-state index contributed by atoms with van der Waals surface area (Å²) in [4.78, 5) is 29.1. The third-order valence-electron chi connectivity index (χ3n) is 6.45. The van der Waals surface area contributed by atoms with Gasteiger partial charge in [-0.05, 0) is 52.3 Å². The fourth-order valence-corrected chi connectivity index (χ4v) is 4.55. The van der Waals surface area contributed by atoms with Gasteiger partial charge in [-0.2, -0.15) is 0 Å². The molecule has 0 saturated heterocycles. The predicted octanol–water partition coefficient (Wildman–Crippen LogP) is 4.17. The van der Waals surface area contributed by atoms with E-state index in [2.05, 4.69) is 26.0 Å². The van der Waals surface area contributed by atoms with E-state index in [1.165, 1.54) is 22.9 Å². The zero-order valence-electron chi connectivity index (χ0n) is 20.6. The molecule has 0 spiro atoms. The molecule has 0 radical (unpaired) electrons. The predicted molar refractivity (Wildman–Crippen MR) is 133 cm³/mol. The van der Waals surface area contributed by atoms with Crippen molar-refractivity contribution in [3.05, 3.63) is 87.6 Å². The fraction of sp³-hybridized carbons (Fsp3) is 0.308. The SMILES string of the molecule is O=C(N[C@@H]1COc2nc([N+](=O)[O-])cn2C1)c1ccc(CN2CC=C(c3ccc(OC(F)(F)F)cc3)CC2)cc1. The average molecular weight is 544 g/mol. The Morgan fingerprint density at radius 3 is 2.56 bits per heavy atom. The molecule has 0 unspecified atom stereocenters. The van der Waals surface area contributed by atoms with Crippen molar-refractivity contribution in [1.82, 2.24) is 19.8 Å². The first kappa shape index (κ1) is 26.2. The molecule has 2 aromatic carbocycles. The first-order chi connectivity index (χ1) is 18.6. The number of carbonyl (C=O) groups excluding carboxylic acids is 1. The molecule has 0 saturated carbocycles. The number of hydrogen-bond acceptors (Lipinski definition) is 7. The zero-order chi connectivity index (χ0) is 27.6. The number of nitro groups is 1. The maximum Gasteiger partial charge on any atom is 0.573 e. The number of nitrogens with zero attached hydrogens (tertiary/aromatic N) is 4. The monoisotopic (exact) mass is 543 g/mol. The van der Waals surface area contributed by atoms with Crippen LogP contribution in [0, 0.1) is 10.1 Å². The van der Waals surface area contributed by atoms with E-state index in [4.69, 9.17) is 4.74 Å². The Morgan fingerprint density at radius 2 is 1.92 bits per heavy atom. The summed E-state index contributed by atoms with van der Waals surface area (Å²) in [5, 5.41) is 13.8. The van der Waals surface area contributed by atoms with Crippen LogP contribution in [-0.4, -0.2) is 57.4 Å². The molecular weight excluding hydrogens is 519 g/mol. The summed E-state index contributed by atoms with van der Waals surface area (Å²) in [7, 11) is 0. The highest BCUT2D eigenvalue weighted by Crippen LogP contribution is 2.28. The molecule has 5 rings (SSSR count). The van der Waals surface area contributed by atoms with Crippen LogP contribution >= 0.6 is 0 Å². The van der Waals surface area contributed by atoms with Crippen molar-refractivity contribution in [3.63, 3.8) is 0 Å². The molecule has 204 valence electrons. The van der Waals surface area contributed by atoms with Crippen molar-refractivity contribution < 1.29 is 32.4 Å². The van der Waals surface area contributed by atoms with Crippen LogP contribution in [0.4, 0.5) is 19.0 Å². The second-order valence-corrected chi connectivity index (χ2v) is 9.26. The van der Waals surface area contributed by atoms with Gasteiger partial charge < -0.3 is 24.9 Å². The van der Waals surface area contributed by atoms with Crippen LogP contribution in [0.2, 0.25) is 0 Å². The van der Waals surface area contributed by atoms with Gasteiger partial charge in [0.05, 0.1) is 12.6 Å². The minimum absolute atomic E-state index is 0.157. The van der Waals surface area contributed by atoms with Crippen LogP contribution in [0.1, 0.15) is 27.9 Å². The number of nitrogens with one attached hydrogen (secondary N) is 1. The van der Waals surface area contributed by atoms with E-state index in [-0.39, 0.29) is 36.1 Å². The molecule has 10 nitrogen and oxygen atoms in total. The molecule has 3 aromatic rings. The number of rotatable bonds is 7. The molecule has 2 aliphatic rings. The molecule has 1 N–H and O–H groups in total. The Hall–Kier alpha value is -4.39. The lowest BCUT2D eigenvalue weighted by atomic mass is 9.99. The lowest BCUT2D eigenvalue weighted by molar-refractivity contribution is -0.389. The number of fused-ring (bicyclic) bond motifs is 1. The Kier molecular flexibility index (Phi) is 7.24. The summed E-state index contributed by atoms with van der Waals surface area (Å²) in [6.07, 6.45) is -0.607. The number of imidazole rings is 1. The van der Waals surface area contributed by atoms with Gasteiger partial charge in [-0.3, -0.25) is 14.3 Å². The molecule has 1 amide bonds. The highest BCUT2D eigenvalue weighted by Gasteiger charge is 2.31. The van der Waals surface area contributed by atoms with Gasteiger partial charge in [-0.25, -0.2) is 0 Å². The highest BCUT2D eigenvalue weighted by molar-refractivity contribution is 5.94. The second kappa shape index (κ2) is 10.8. The van der Waals surface area contributed by atoms with Crippen molar-refractivity contribution >= 4 is 17.3 Å². The fourth-order valence-electron chi connectivity index (χ4n) is 4.55. The van der Waals surface area contributed by atoms with Gasteiger partial charge in [-0.1, -0.05) is 30.3 Å². The lowest BCUT2D eigenvalue weighted by Gasteiger charge is -2.26. The van der Waals surface area contributed by atoms with Gasteiger partial charge in [-0.15, -0.1) is 13.2 Å². The molecule has 3 heterocycles. The van der Waals surface area contributed by atoms with E-state index >= 15 is 0 Å². The van der Waals surface area contributed by atoms with Crippen molar-refractivity contribution in [2.24, 2.45) is 0 Å². The third-order valence-corrected chi connectivity index (χ3v) is 6.45. The largest absolute Gasteiger partial charge is 0.573 e. The van der Waals surface area contributed by atoms with Crippen LogP contribution in [0.3, 0.4) is 0 Å². The van der Waals surface area contributed by atoms with E-state index in [9.17, 15) is 28.1 Å². The van der Waals surface area contributed by atoms with E-state index in [0.717, 1.165) is 29.7 Å². The van der Waals surface area contributed by atoms with Gasteiger partial charge in [0.2, 0.25) is 0 Å². The topological polar surface area (TPSA) is 112 Å². The van der Waals surface area contributed by atoms with Crippen molar-refractivity contribution in [1.29, 1.82) is 0 Å². The molecule has 13 heteroatoms. The van der Waals surface area contributed by atoms with Gasteiger partial charge in [0.25, 0.3) is 5.91 Å². The van der Waals surface area contributed by atoms with Crippen LogP contribution in [0.15, 0.2) is 60.8 Å². The van der Waals surface area contributed by atoms with E-state index in [1.54, 1.807) is 24.3 Å². The van der Waals surface area contributed by atoms with Crippen molar-refractivity contribution in [3.8, 4) is 11.8 Å². The number of carbonyl (C=O) groups is 1. The first-order valence-corrected chi connectivity index (χ1v) is 12.1. The number of alkyl halides is 3. The van der Waals surface area contributed by atoms with Crippen molar-refractivity contribution in [2.75, 3.05) is 19.7 Å². The van der Waals surface area contributed by atoms with Gasteiger partial charge in [0.15, 0.2) is 0 Å². The van der Waals surface area contributed by atoms with Crippen LogP contribution in [-0.2, 0) is 13.1 Å². The number of ether oxygens (including phenoxy) is 2. The number of benzene rings is 2. The molecule has 2 aliphatic heterocycles. The normalized spacial score (nSPS) is 17.5. The summed E-state index contributed by atoms with van der Waals surface area (Å²) >= 11 is 0. The zero-order valence-corrected chi connectivity index (χ0v) is 20.6. The summed E-state index contributed by atoms with van der Waals surface area (Å²) in [6.45, 7) is 2.63. The minimum atomic E-state index is -4.71. The van der Waals surface area contributed by atoms with Crippen molar-refractivity contribution in [2.45, 2.75) is 31.9 Å². The standard InChI is InChI=1S/C26H24F3N5O5/c27-26(28,29)39-22-7-5-18(6-8-22)19-9-11-32(12-10-19)13-17-1-3-20(4-2-17)24(35)30-21-14-33-15-23(34(36)37)31-25(33)38-16-21/h1-9,15,21H,10-14,16H2,(H,30,35)/t21-/m0/s1. The molecular formula is C26H24F3N5O5. The average Bonchev–Trinajstić information content (AvgIpc) is 3.33. The summed E-state index contributed by atoms with van der Waals surface area (Å²) in [5.41, 5.74) is 3.46. The molecule has 0 aliphatic carbocycles. The summed E-state index contributed by atoms with van der Waals surface area (Å²) in [6, 6.07) is 13.0. The Labute approximate surface area is 220 Å². The first-order valence-electron chi connectivity index (χ1n) is 12.1. The van der Waals surface area contributed by atoms with E-state index in [0.29, 0.717) is 25.2 Å². The Balaban J connectivity index is 1.11. The van der Waals surface area contributed by atoms with Gasteiger partial charge in [0.1, 0.15) is 18.6 Å². The highest BCUT2D eigenvalue weighted by atomic mass is 19.4. The number of aromatic nitrogens is 2. The molecule has 1 atom stereocenters. The Morgan fingerprint density at radius 1 is 1.18 bits per heavy atom. The van der Waals surface area contributed by atoms with Crippen LogP contribution in [0.25, 0.3) is 5.57 Å². The Bertz CT molecular complexity index is 1390. The quantitative estimate of drug-likeness (QED) is 0.352. The molecule has 0 fully saturated rings. The summed E-state index contributed by atoms with van der Waals surface area (Å²) in [5.74, 6) is -0.820. The number of halogens is 3. The molecule has 39 heavy (non-hydrogen) atoms. The molecule has 1 aromatic heterocycles. The smallest absolute Gasteiger partial charge is 0.444 e. The summed E-state index contributed by atoms with van der Waals surface area (Å²) < 4.78 is 47.9. The third kappa shape index (κ3) is 6.55. The maximum absolute atomic E-state index is 12.7. The number of hydrogen-bond donors (Lipinski definition) is 1. The van der Waals surface area contributed by atoms with Gasteiger partial charge >= 0.3 is 18.2 Å². The van der Waals surface area contributed by atoms with Gasteiger partial charge in [0, 0.05) is 30.2 Å².